The Balaban J connectivity index is 1.45. The van der Waals surface area contributed by atoms with Gasteiger partial charge in [0.15, 0.2) is 0 Å². The van der Waals surface area contributed by atoms with Crippen LogP contribution >= 0.6 is 0 Å². The predicted molar refractivity (Wildman–Crippen MR) is 136 cm³/mol. The molecule has 0 bridgehead atoms. The highest BCUT2D eigenvalue weighted by atomic mass is 16.2. The lowest BCUT2D eigenvalue weighted by molar-refractivity contribution is -0.113. The van der Waals surface area contributed by atoms with Crippen LogP contribution in [0.4, 0.5) is 5.69 Å². The topological polar surface area (TPSA) is 61.4 Å². The number of benzene rings is 4. The summed E-state index contributed by atoms with van der Waals surface area (Å²) >= 11 is 0. The molecular weight excluding hydrogens is 420 g/mol. The second kappa shape index (κ2) is 8.30. The van der Waals surface area contributed by atoms with Crippen LogP contribution in [0.2, 0.25) is 0 Å². The molecule has 1 N–H and O–H groups in total. The van der Waals surface area contributed by atoms with E-state index in [1.54, 1.807) is 4.90 Å². The van der Waals surface area contributed by atoms with E-state index in [9.17, 15) is 4.79 Å². The van der Waals surface area contributed by atoms with Crippen LogP contribution in [-0.2, 0) is 4.79 Å². The molecule has 0 aliphatic carbocycles. The monoisotopic (exact) mass is 440 g/mol. The molecule has 162 valence electrons. The number of carbonyl (C=O) groups is 1. The van der Waals surface area contributed by atoms with Gasteiger partial charge in [0, 0.05) is 11.1 Å². The molecule has 1 amide bonds. The highest BCUT2D eigenvalue weighted by Crippen LogP contribution is 2.31. The van der Waals surface area contributed by atoms with Crippen LogP contribution in [0.5, 0.6) is 0 Å². The third-order valence-corrected chi connectivity index (χ3v) is 5.76. The zero-order chi connectivity index (χ0) is 22.9. The average Bonchev–Trinajstić information content (AvgIpc) is 3.47. The molecule has 0 unspecified atom stereocenters. The van der Waals surface area contributed by atoms with Gasteiger partial charge in [0.2, 0.25) is 0 Å². The maximum atomic E-state index is 13.6. The van der Waals surface area contributed by atoms with Gasteiger partial charge >= 0.3 is 0 Å². The van der Waals surface area contributed by atoms with Crippen molar-refractivity contribution >= 4 is 34.5 Å². The van der Waals surface area contributed by atoms with Gasteiger partial charge in [-0.05, 0) is 35.9 Å². The number of anilines is 1. The molecule has 1 aliphatic rings. The molecule has 5 aromatic rings. The van der Waals surface area contributed by atoms with E-state index in [0.29, 0.717) is 11.5 Å². The first-order chi connectivity index (χ1) is 16.8. The Morgan fingerprint density at radius 1 is 0.735 bits per heavy atom. The maximum absolute atomic E-state index is 13.6. The molecule has 4 aromatic carbocycles. The van der Waals surface area contributed by atoms with Crippen LogP contribution in [0, 0.1) is 0 Å². The predicted octanol–water partition coefficient (Wildman–Crippen LogP) is 6.06. The minimum atomic E-state index is -0.163. The number of carbonyl (C=O) groups excluding carboxylic acids is 1. The number of aliphatic imine (C=N–C) groups is 1. The quantitative estimate of drug-likeness (QED) is 0.345. The van der Waals surface area contributed by atoms with Crippen molar-refractivity contribution in [2.45, 2.75) is 0 Å². The van der Waals surface area contributed by atoms with Crippen molar-refractivity contribution in [3.63, 3.8) is 0 Å². The van der Waals surface area contributed by atoms with Crippen LogP contribution in [0.25, 0.3) is 28.5 Å². The first-order valence-electron chi connectivity index (χ1n) is 11.1. The van der Waals surface area contributed by atoms with Gasteiger partial charge in [-0.2, -0.15) is 0 Å². The van der Waals surface area contributed by atoms with Crippen LogP contribution in [0.15, 0.2) is 120 Å². The van der Waals surface area contributed by atoms with E-state index in [-0.39, 0.29) is 5.91 Å². The lowest BCUT2D eigenvalue weighted by atomic mass is 10.1. The highest BCUT2D eigenvalue weighted by molar-refractivity contribution is 6.33. The van der Waals surface area contributed by atoms with Crippen molar-refractivity contribution in [2.75, 3.05) is 4.90 Å². The smallest absolute Gasteiger partial charge is 0.282 e. The number of aromatic amines is 1. The van der Waals surface area contributed by atoms with E-state index in [4.69, 9.17) is 9.98 Å². The number of imidazole rings is 1. The lowest BCUT2D eigenvalue weighted by Gasteiger charge is -2.19. The van der Waals surface area contributed by atoms with Crippen LogP contribution in [-0.4, -0.2) is 21.7 Å². The first-order valence-corrected chi connectivity index (χ1v) is 11.1. The molecule has 5 heteroatoms. The number of fused-ring (bicyclic) bond motifs is 1. The van der Waals surface area contributed by atoms with Crippen molar-refractivity contribution in [3.05, 3.63) is 126 Å². The summed E-state index contributed by atoms with van der Waals surface area (Å²) in [6, 6.07) is 35.3. The summed E-state index contributed by atoms with van der Waals surface area (Å²) in [6.45, 7) is 0. The second-order valence-corrected chi connectivity index (χ2v) is 8.04. The Labute approximate surface area is 196 Å². The van der Waals surface area contributed by atoms with Gasteiger partial charge in [-0.3, -0.25) is 9.69 Å². The number of hydrogen-bond donors (Lipinski definition) is 1. The fourth-order valence-corrected chi connectivity index (χ4v) is 4.13. The Bertz CT molecular complexity index is 1530. The molecule has 0 saturated carbocycles. The molecule has 6 rings (SSSR count). The number of nitrogens with zero attached hydrogens (tertiary/aromatic N) is 3. The summed E-state index contributed by atoms with van der Waals surface area (Å²) in [5.41, 5.74) is 5.72. The van der Waals surface area contributed by atoms with Crippen molar-refractivity contribution in [2.24, 2.45) is 4.99 Å². The van der Waals surface area contributed by atoms with Crippen molar-refractivity contribution < 1.29 is 4.79 Å². The number of hydrogen-bond acceptors (Lipinski definition) is 3. The standard InChI is InChI=1S/C29H20N4O/c34-29-26(18-20-10-3-1-4-11-20)32-28(21-12-5-2-6-13-21)33(29)23-15-9-14-22(19-23)27-30-24-16-7-8-17-25(24)31-27/h1-19H,(H,30,31)/b26-18-. The zero-order valence-corrected chi connectivity index (χ0v) is 18.2. The van der Waals surface area contributed by atoms with E-state index < -0.39 is 0 Å². The summed E-state index contributed by atoms with van der Waals surface area (Å²) in [5.74, 6) is 1.20. The van der Waals surface area contributed by atoms with E-state index in [0.717, 1.165) is 39.2 Å². The van der Waals surface area contributed by atoms with Gasteiger partial charge < -0.3 is 4.98 Å². The molecule has 0 atom stereocenters. The molecule has 0 saturated heterocycles. The lowest BCUT2D eigenvalue weighted by Crippen LogP contribution is -2.32. The number of nitrogens with one attached hydrogen (secondary N) is 1. The van der Waals surface area contributed by atoms with Crippen LogP contribution in [0.1, 0.15) is 11.1 Å². The Morgan fingerprint density at radius 3 is 2.24 bits per heavy atom. The second-order valence-electron chi connectivity index (χ2n) is 8.04. The Kier molecular flexibility index (Phi) is 4.85. The number of para-hydroxylation sites is 2. The largest absolute Gasteiger partial charge is 0.338 e. The minimum Gasteiger partial charge on any atom is -0.338 e. The van der Waals surface area contributed by atoms with Crippen molar-refractivity contribution in [1.29, 1.82) is 0 Å². The Hall–Kier alpha value is -4.77. The SMILES string of the molecule is O=C1/C(=C/c2ccccc2)N=C(c2ccccc2)N1c1cccc(-c2nc3ccccc3[nH]2)c1. The van der Waals surface area contributed by atoms with Gasteiger partial charge in [-0.25, -0.2) is 9.98 Å². The average molecular weight is 441 g/mol. The number of amides is 1. The number of H-pyrrole nitrogens is 1. The zero-order valence-electron chi connectivity index (χ0n) is 18.2. The molecule has 0 spiro atoms. The molecule has 5 nitrogen and oxygen atoms in total. The van der Waals surface area contributed by atoms with Gasteiger partial charge in [0.05, 0.1) is 16.7 Å². The van der Waals surface area contributed by atoms with Gasteiger partial charge in [-0.15, -0.1) is 0 Å². The molecule has 0 radical (unpaired) electrons. The third-order valence-electron chi connectivity index (χ3n) is 5.76. The summed E-state index contributed by atoms with van der Waals surface area (Å²) in [7, 11) is 0. The highest BCUT2D eigenvalue weighted by Gasteiger charge is 2.32. The van der Waals surface area contributed by atoms with Crippen LogP contribution in [0.3, 0.4) is 0 Å². The van der Waals surface area contributed by atoms with E-state index >= 15 is 0 Å². The van der Waals surface area contributed by atoms with Gasteiger partial charge in [0.25, 0.3) is 5.91 Å². The van der Waals surface area contributed by atoms with Gasteiger partial charge in [-0.1, -0.05) is 84.9 Å². The summed E-state index contributed by atoms with van der Waals surface area (Å²) < 4.78 is 0. The van der Waals surface area contributed by atoms with E-state index in [2.05, 4.69) is 4.98 Å². The summed E-state index contributed by atoms with van der Waals surface area (Å²) in [5, 5.41) is 0. The normalized spacial score (nSPS) is 14.7. The van der Waals surface area contributed by atoms with E-state index in [1.807, 2.05) is 115 Å². The molecule has 2 heterocycles. The summed E-state index contributed by atoms with van der Waals surface area (Å²) in [6.07, 6.45) is 1.83. The van der Waals surface area contributed by atoms with Crippen molar-refractivity contribution in [3.8, 4) is 11.4 Å². The third kappa shape index (κ3) is 3.59. The van der Waals surface area contributed by atoms with Crippen molar-refractivity contribution in [1.82, 2.24) is 9.97 Å². The molecule has 1 aliphatic heterocycles. The number of aromatic nitrogens is 2. The molecule has 34 heavy (non-hydrogen) atoms. The number of rotatable bonds is 4. The maximum Gasteiger partial charge on any atom is 0.282 e. The van der Waals surface area contributed by atoms with E-state index in [1.165, 1.54) is 0 Å². The molecule has 1 aromatic heterocycles. The van der Waals surface area contributed by atoms with Gasteiger partial charge in [0.1, 0.15) is 17.4 Å². The Morgan fingerprint density at radius 2 is 1.44 bits per heavy atom. The first kappa shape index (κ1) is 19.9. The molecule has 0 fully saturated rings. The number of amidine groups is 1. The van der Waals surface area contributed by atoms with Crippen LogP contribution < -0.4 is 4.90 Å². The fourth-order valence-electron chi connectivity index (χ4n) is 4.13. The molecular formula is C29H20N4O. The minimum absolute atomic E-state index is 0.163. The summed E-state index contributed by atoms with van der Waals surface area (Å²) in [4.78, 5) is 28.1. The fraction of sp³-hybridized carbons (Fsp3) is 0.